The molecule has 1 heterocycles. The highest BCUT2D eigenvalue weighted by Crippen LogP contribution is 2.27. The lowest BCUT2D eigenvalue weighted by atomic mass is 9.99. The van der Waals surface area contributed by atoms with Gasteiger partial charge in [0.2, 0.25) is 10.0 Å². The van der Waals surface area contributed by atoms with Gasteiger partial charge in [-0.3, -0.25) is 10.1 Å². The Hall–Kier alpha value is -1.58. The number of piperidine rings is 1. The Balaban J connectivity index is 2.44. The summed E-state index contributed by atoms with van der Waals surface area (Å²) in [7, 11) is -4.14. The molecule has 0 radical (unpaired) electrons. The van der Waals surface area contributed by atoms with Crippen molar-refractivity contribution in [2.45, 2.75) is 24.3 Å². The fraction of sp³-hybridized carbons (Fsp3) is 0.500. The molecule has 0 saturated carbocycles. The molecule has 2 rings (SSSR count). The van der Waals surface area contributed by atoms with E-state index in [-0.39, 0.29) is 25.0 Å². The number of nitrogens with zero attached hydrogens (tertiary/aromatic N) is 2. The maximum atomic E-state index is 13.8. The average Bonchev–Trinajstić information content (AvgIpc) is 2.37. The van der Waals surface area contributed by atoms with E-state index in [2.05, 4.69) is 0 Å². The first kappa shape index (κ1) is 15.8. The maximum Gasteiger partial charge on any atom is 0.270 e. The van der Waals surface area contributed by atoms with Gasteiger partial charge in [0.25, 0.3) is 5.69 Å². The summed E-state index contributed by atoms with van der Waals surface area (Å²) in [5, 5.41) is 10.7. The van der Waals surface area contributed by atoms with Crippen molar-refractivity contribution >= 4 is 15.7 Å². The summed E-state index contributed by atoms with van der Waals surface area (Å²) in [6, 6.07) is 2.14. The van der Waals surface area contributed by atoms with Crippen LogP contribution in [-0.2, 0) is 10.0 Å². The zero-order valence-electron chi connectivity index (χ0n) is 11.4. The molecule has 0 bridgehead atoms. The highest BCUT2D eigenvalue weighted by Gasteiger charge is 2.34. The van der Waals surface area contributed by atoms with Crippen LogP contribution < -0.4 is 5.73 Å². The Morgan fingerprint density at radius 1 is 1.43 bits per heavy atom. The van der Waals surface area contributed by atoms with E-state index in [1.807, 2.05) is 6.92 Å². The number of sulfonamides is 1. The van der Waals surface area contributed by atoms with Crippen molar-refractivity contribution in [3.05, 3.63) is 34.1 Å². The van der Waals surface area contributed by atoms with Crippen LogP contribution in [0.3, 0.4) is 0 Å². The number of nitro benzene ring substituents is 1. The highest BCUT2D eigenvalue weighted by molar-refractivity contribution is 7.89. The Morgan fingerprint density at radius 2 is 2.10 bits per heavy atom. The van der Waals surface area contributed by atoms with Crippen LogP contribution in [0.5, 0.6) is 0 Å². The summed E-state index contributed by atoms with van der Waals surface area (Å²) in [5.74, 6) is -0.960. The summed E-state index contributed by atoms with van der Waals surface area (Å²) < 4.78 is 39.9. The van der Waals surface area contributed by atoms with Gasteiger partial charge >= 0.3 is 0 Å². The molecule has 1 aromatic rings. The van der Waals surface area contributed by atoms with Crippen molar-refractivity contribution in [1.29, 1.82) is 0 Å². The molecule has 2 unspecified atom stereocenters. The minimum absolute atomic E-state index is 0.0466. The molecule has 7 nitrogen and oxygen atoms in total. The number of hydrogen-bond acceptors (Lipinski definition) is 5. The molecule has 1 aliphatic rings. The zero-order chi connectivity index (χ0) is 15.8. The van der Waals surface area contributed by atoms with Gasteiger partial charge in [0.1, 0.15) is 10.7 Å². The molecule has 1 aliphatic heterocycles. The van der Waals surface area contributed by atoms with Crippen LogP contribution in [0.15, 0.2) is 23.1 Å². The summed E-state index contributed by atoms with van der Waals surface area (Å²) in [4.78, 5) is 9.28. The Labute approximate surface area is 121 Å². The van der Waals surface area contributed by atoms with Gasteiger partial charge in [0.15, 0.2) is 0 Å². The summed E-state index contributed by atoms with van der Waals surface area (Å²) in [6.45, 7) is 2.15. The predicted molar refractivity (Wildman–Crippen MR) is 73.6 cm³/mol. The largest absolute Gasteiger partial charge is 0.326 e. The van der Waals surface area contributed by atoms with Crippen molar-refractivity contribution in [3.63, 3.8) is 0 Å². The normalized spacial score (nSPS) is 24.0. The molecule has 1 fully saturated rings. The first-order chi connectivity index (χ1) is 9.71. The molecule has 2 atom stereocenters. The van der Waals surface area contributed by atoms with E-state index in [9.17, 15) is 22.9 Å². The highest BCUT2D eigenvalue weighted by atomic mass is 32.2. The molecule has 1 saturated heterocycles. The zero-order valence-corrected chi connectivity index (χ0v) is 12.2. The van der Waals surface area contributed by atoms with Gasteiger partial charge in [-0.1, -0.05) is 6.92 Å². The molecule has 2 N–H and O–H groups in total. The summed E-state index contributed by atoms with van der Waals surface area (Å²) in [5.41, 5.74) is 5.33. The minimum Gasteiger partial charge on any atom is -0.326 e. The summed E-state index contributed by atoms with van der Waals surface area (Å²) >= 11 is 0. The van der Waals surface area contributed by atoms with Gasteiger partial charge < -0.3 is 5.73 Å². The molecule has 21 heavy (non-hydrogen) atoms. The van der Waals surface area contributed by atoms with Crippen molar-refractivity contribution in [2.24, 2.45) is 11.7 Å². The maximum absolute atomic E-state index is 13.8. The van der Waals surface area contributed by atoms with Gasteiger partial charge in [0.05, 0.1) is 4.92 Å². The van der Waals surface area contributed by atoms with Crippen LogP contribution in [0.25, 0.3) is 0 Å². The third-order valence-corrected chi connectivity index (χ3v) is 5.25. The van der Waals surface area contributed by atoms with Gasteiger partial charge in [-0.2, -0.15) is 4.31 Å². The van der Waals surface area contributed by atoms with E-state index >= 15 is 0 Å². The second-order valence-electron chi connectivity index (χ2n) is 5.29. The number of halogens is 1. The standard InChI is InChI=1S/C12H16FN3O4S/c1-8-4-9(14)7-15(6-8)21(19,20)12-5-10(16(17)18)2-3-11(12)13/h2-3,5,8-9H,4,6-7,14H2,1H3. The monoisotopic (exact) mass is 317 g/mol. The minimum atomic E-state index is -4.14. The van der Waals surface area contributed by atoms with Gasteiger partial charge in [-0.15, -0.1) is 0 Å². The van der Waals surface area contributed by atoms with Crippen molar-refractivity contribution in [3.8, 4) is 0 Å². The number of hydrogen-bond donors (Lipinski definition) is 1. The second kappa shape index (κ2) is 5.66. The van der Waals surface area contributed by atoms with E-state index in [1.54, 1.807) is 0 Å². The molecule has 1 aromatic carbocycles. The fourth-order valence-corrected chi connectivity index (χ4v) is 4.19. The summed E-state index contributed by atoms with van der Waals surface area (Å²) in [6.07, 6.45) is 0.684. The molecule has 9 heteroatoms. The van der Waals surface area contributed by atoms with E-state index in [0.29, 0.717) is 6.42 Å². The SMILES string of the molecule is CC1CC(N)CN(S(=O)(=O)c2cc([N+](=O)[O-])ccc2F)C1. The number of rotatable bonds is 3. The number of non-ortho nitro benzene ring substituents is 1. The Kier molecular flexibility index (Phi) is 4.26. The molecule has 116 valence electrons. The second-order valence-corrected chi connectivity index (χ2v) is 7.20. The van der Waals surface area contributed by atoms with Crippen LogP contribution in [0.4, 0.5) is 10.1 Å². The first-order valence-corrected chi connectivity index (χ1v) is 7.85. The quantitative estimate of drug-likeness (QED) is 0.663. The van der Waals surface area contributed by atoms with Crippen LogP contribution in [0.1, 0.15) is 13.3 Å². The lowest BCUT2D eigenvalue weighted by Crippen LogP contribution is -2.48. The molecular weight excluding hydrogens is 301 g/mol. The van der Waals surface area contributed by atoms with E-state index in [1.165, 1.54) is 0 Å². The smallest absolute Gasteiger partial charge is 0.270 e. The molecular formula is C12H16FN3O4S. The number of nitro groups is 1. The average molecular weight is 317 g/mol. The van der Waals surface area contributed by atoms with Gasteiger partial charge in [0, 0.05) is 31.3 Å². The third-order valence-electron chi connectivity index (χ3n) is 3.40. The molecule has 0 spiro atoms. The van der Waals surface area contributed by atoms with Crippen LogP contribution in [-0.4, -0.2) is 36.8 Å². The lowest BCUT2D eigenvalue weighted by molar-refractivity contribution is -0.385. The van der Waals surface area contributed by atoms with Crippen LogP contribution in [0.2, 0.25) is 0 Å². The lowest BCUT2D eigenvalue weighted by Gasteiger charge is -2.33. The van der Waals surface area contributed by atoms with Gasteiger partial charge in [-0.25, -0.2) is 12.8 Å². The van der Waals surface area contributed by atoms with Crippen molar-refractivity contribution in [1.82, 2.24) is 4.31 Å². The first-order valence-electron chi connectivity index (χ1n) is 6.41. The third kappa shape index (κ3) is 3.20. The fourth-order valence-electron chi connectivity index (χ4n) is 2.49. The van der Waals surface area contributed by atoms with E-state index < -0.39 is 31.3 Å². The van der Waals surface area contributed by atoms with E-state index in [0.717, 1.165) is 22.5 Å². The van der Waals surface area contributed by atoms with Crippen LogP contribution >= 0.6 is 0 Å². The topological polar surface area (TPSA) is 107 Å². The molecule has 0 aliphatic carbocycles. The molecule has 0 aromatic heterocycles. The Bertz CT molecular complexity index is 654. The Morgan fingerprint density at radius 3 is 2.67 bits per heavy atom. The van der Waals surface area contributed by atoms with Crippen LogP contribution in [0, 0.1) is 21.8 Å². The molecule has 0 amide bonds. The van der Waals surface area contributed by atoms with Crippen molar-refractivity contribution < 1.29 is 17.7 Å². The predicted octanol–water partition coefficient (Wildman–Crippen LogP) is 1.09. The number of benzene rings is 1. The van der Waals surface area contributed by atoms with E-state index in [4.69, 9.17) is 5.73 Å². The number of nitrogens with two attached hydrogens (primary N) is 1. The van der Waals surface area contributed by atoms with Gasteiger partial charge in [-0.05, 0) is 18.4 Å². The van der Waals surface area contributed by atoms with Crippen molar-refractivity contribution in [2.75, 3.05) is 13.1 Å².